The molecule has 2 aromatic rings. The van der Waals surface area contributed by atoms with Gasteiger partial charge in [-0.25, -0.2) is 4.39 Å². The summed E-state index contributed by atoms with van der Waals surface area (Å²) >= 11 is 0. The lowest BCUT2D eigenvalue weighted by Crippen LogP contribution is -2.10. The lowest BCUT2D eigenvalue weighted by molar-refractivity contribution is 0.537. The largest absolute Gasteiger partial charge is 0.324 e. The number of halogens is 1. The first kappa shape index (κ1) is 12.8. The summed E-state index contributed by atoms with van der Waals surface area (Å²) in [5, 5.41) is 4.28. The Morgan fingerprint density at radius 3 is 2.56 bits per heavy atom. The molecule has 0 saturated carbocycles. The Balaban J connectivity index is 2.62. The van der Waals surface area contributed by atoms with Gasteiger partial charge in [0, 0.05) is 23.8 Å². The quantitative estimate of drug-likeness (QED) is 0.904. The summed E-state index contributed by atoms with van der Waals surface area (Å²) in [6.07, 6.45) is 1.73. The van der Waals surface area contributed by atoms with Crippen molar-refractivity contribution >= 4 is 0 Å². The minimum atomic E-state index is -0.258. The first-order valence-electron chi connectivity index (χ1n) is 6.09. The van der Waals surface area contributed by atoms with E-state index in [9.17, 15) is 4.39 Å². The summed E-state index contributed by atoms with van der Waals surface area (Å²) in [7, 11) is 0. The lowest BCUT2D eigenvalue weighted by Gasteiger charge is -2.16. The van der Waals surface area contributed by atoms with Gasteiger partial charge >= 0.3 is 0 Å². The molecule has 0 aliphatic heterocycles. The van der Waals surface area contributed by atoms with Crippen LogP contribution in [0.4, 0.5) is 4.39 Å². The number of hydrogen-bond donors (Lipinski definition) is 1. The second kappa shape index (κ2) is 4.90. The number of nitrogens with zero attached hydrogens (tertiary/aromatic N) is 2. The van der Waals surface area contributed by atoms with Gasteiger partial charge in [0.2, 0.25) is 0 Å². The number of benzene rings is 1. The number of rotatable bonds is 3. The molecular weight excluding hydrogens is 229 g/mol. The van der Waals surface area contributed by atoms with E-state index in [2.05, 4.69) is 5.10 Å². The van der Waals surface area contributed by atoms with Crippen molar-refractivity contribution in [2.75, 3.05) is 0 Å². The molecule has 0 radical (unpaired) electrons. The predicted molar refractivity (Wildman–Crippen MR) is 70.6 cm³/mol. The molecule has 0 bridgehead atoms. The highest BCUT2D eigenvalue weighted by Gasteiger charge is 2.15. The fourth-order valence-electron chi connectivity index (χ4n) is 2.09. The summed E-state index contributed by atoms with van der Waals surface area (Å²) in [5.41, 5.74) is 8.59. The summed E-state index contributed by atoms with van der Waals surface area (Å²) in [5.74, 6) is -0.258. The van der Waals surface area contributed by atoms with E-state index in [1.54, 1.807) is 12.3 Å². The van der Waals surface area contributed by atoms with Crippen LogP contribution in [-0.4, -0.2) is 9.78 Å². The molecule has 0 aliphatic rings. The highest BCUT2D eigenvalue weighted by Crippen LogP contribution is 2.29. The maximum atomic E-state index is 13.5. The van der Waals surface area contributed by atoms with Crippen molar-refractivity contribution in [1.29, 1.82) is 0 Å². The molecule has 1 heterocycles. The molecule has 1 aromatic carbocycles. The Morgan fingerprint density at radius 1 is 1.22 bits per heavy atom. The van der Waals surface area contributed by atoms with Crippen molar-refractivity contribution < 1.29 is 4.39 Å². The summed E-state index contributed by atoms with van der Waals surface area (Å²) in [6, 6.07) is 6.68. The molecule has 1 aromatic heterocycles. The second-order valence-electron chi connectivity index (χ2n) is 4.78. The molecule has 2 N–H and O–H groups in total. The molecule has 0 aliphatic carbocycles. The average Bonchev–Trinajstić information content (AvgIpc) is 2.77. The highest BCUT2D eigenvalue weighted by atomic mass is 19.1. The maximum absolute atomic E-state index is 13.5. The van der Waals surface area contributed by atoms with Crippen LogP contribution in [0.25, 0.3) is 11.3 Å². The fourth-order valence-corrected chi connectivity index (χ4v) is 2.09. The zero-order chi connectivity index (χ0) is 13.3. The summed E-state index contributed by atoms with van der Waals surface area (Å²) in [4.78, 5) is 0. The number of nitrogens with two attached hydrogens (primary N) is 1. The van der Waals surface area contributed by atoms with E-state index >= 15 is 0 Å². The molecule has 2 rings (SSSR count). The van der Waals surface area contributed by atoms with Crippen LogP contribution in [-0.2, 0) is 0 Å². The third-order valence-electron chi connectivity index (χ3n) is 2.94. The van der Waals surface area contributed by atoms with E-state index in [0.717, 1.165) is 16.8 Å². The van der Waals surface area contributed by atoms with Gasteiger partial charge in [-0.1, -0.05) is 6.07 Å². The van der Waals surface area contributed by atoms with Crippen molar-refractivity contribution in [1.82, 2.24) is 9.78 Å². The first-order valence-corrected chi connectivity index (χ1v) is 6.09. The highest BCUT2D eigenvalue weighted by molar-refractivity contribution is 5.64. The van der Waals surface area contributed by atoms with E-state index in [0.29, 0.717) is 0 Å². The van der Waals surface area contributed by atoms with Crippen LogP contribution in [0.15, 0.2) is 30.5 Å². The molecule has 18 heavy (non-hydrogen) atoms. The van der Waals surface area contributed by atoms with Crippen LogP contribution in [0.2, 0.25) is 0 Å². The molecule has 3 nitrogen and oxygen atoms in total. The van der Waals surface area contributed by atoms with Gasteiger partial charge in [-0.3, -0.25) is 4.68 Å². The first-order chi connectivity index (χ1) is 8.50. The minimum Gasteiger partial charge on any atom is -0.324 e. The fraction of sp³-hybridized carbons (Fsp3) is 0.357. The van der Waals surface area contributed by atoms with Gasteiger partial charge in [0.1, 0.15) is 5.82 Å². The second-order valence-corrected chi connectivity index (χ2v) is 4.78. The average molecular weight is 247 g/mol. The minimum absolute atomic E-state index is 0.142. The van der Waals surface area contributed by atoms with E-state index in [4.69, 9.17) is 5.73 Å². The number of aromatic nitrogens is 2. The molecule has 0 spiro atoms. The van der Waals surface area contributed by atoms with Crippen LogP contribution >= 0.6 is 0 Å². The van der Waals surface area contributed by atoms with Crippen LogP contribution in [0.1, 0.15) is 38.4 Å². The van der Waals surface area contributed by atoms with Gasteiger partial charge in [0.05, 0.1) is 5.69 Å². The van der Waals surface area contributed by atoms with Crippen LogP contribution in [0, 0.1) is 5.82 Å². The standard InChI is InChI=1S/C14H18FN3/c1-9(2)18-14(6-7-17-18)13-8-11(15)4-5-12(13)10(3)16/h4-10H,16H2,1-3H3. The van der Waals surface area contributed by atoms with Crippen molar-refractivity contribution in [3.8, 4) is 11.3 Å². The third-order valence-corrected chi connectivity index (χ3v) is 2.94. The van der Waals surface area contributed by atoms with Crippen molar-refractivity contribution in [3.63, 3.8) is 0 Å². The summed E-state index contributed by atoms with van der Waals surface area (Å²) in [6.45, 7) is 5.98. The molecule has 0 fully saturated rings. The topological polar surface area (TPSA) is 43.8 Å². The van der Waals surface area contributed by atoms with Gasteiger partial charge in [-0.05, 0) is 44.5 Å². The SMILES string of the molecule is CC(N)c1ccc(F)cc1-c1ccnn1C(C)C. The Labute approximate surface area is 106 Å². The van der Waals surface area contributed by atoms with Gasteiger partial charge in [-0.15, -0.1) is 0 Å². The third kappa shape index (κ3) is 2.29. The van der Waals surface area contributed by atoms with Crippen molar-refractivity contribution in [3.05, 3.63) is 41.8 Å². The van der Waals surface area contributed by atoms with E-state index in [1.165, 1.54) is 12.1 Å². The predicted octanol–water partition coefficient (Wildman–Crippen LogP) is 3.29. The van der Waals surface area contributed by atoms with E-state index in [-0.39, 0.29) is 17.9 Å². The molecule has 1 atom stereocenters. The zero-order valence-electron chi connectivity index (χ0n) is 10.9. The van der Waals surface area contributed by atoms with Gasteiger partial charge < -0.3 is 5.73 Å². The molecular formula is C14H18FN3. The van der Waals surface area contributed by atoms with Crippen LogP contribution in [0.5, 0.6) is 0 Å². The van der Waals surface area contributed by atoms with E-state index < -0.39 is 0 Å². The van der Waals surface area contributed by atoms with Gasteiger partial charge in [-0.2, -0.15) is 5.10 Å². The monoisotopic (exact) mass is 247 g/mol. The Hall–Kier alpha value is -1.68. The lowest BCUT2D eigenvalue weighted by atomic mass is 9.99. The van der Waals surface area contributed by atoms with Gasteiger partial charge in [0.15, 0.2) is 0 Å². The van der Waals surface area contributed by atoms with Crippen molar-refractivity contribution in [2.24, 2.45) is 5.73 Å². The molecule has 4 heteroatoms. The molecule has 1 unspecified atom stereocenters. The Kier molecular flexibility index (Phi) is 3.48. The molecule has 0 saturated heterocycles. The van der Waals surface area contributed by atoms with Crippen molar-refractivity contribution in [2.45, 2.75) is 32.9 Å². The zero-order valence-corrected chi connectivity index (χ0v) is 10.9. The smallest absolute Gasteiger partial charge is 0.123 e. The molecule has 96 valence electrons. The summed E-state index contributed by atoms with van der Waals surface area (Å²) < 4.78 is 15.3. The normalized spacial score (nSPS) is 13.0. The Morgan fingerprint density at radius 2 is 1.94 bits per heavy atom. The van der Waals surface area contributed by atoms with Crippen LogP contribution in [0.3, 0.4) is 0 Å². The molecule has 0 amide bonds. The van der Waals surface area contributed by atoms with Gasteiger partial charge in [0.25, 0.3) is 0 Å². The number of hydrogen-bond acceptors (Lipinski definition) is 2. The maximum Gasteiger partial charge on any atom is 0.123 e. The van der Waals surface area contributed by atoms with Crippen LogP contribution < -0.4 is 5.73 Å². The Bertz CT molecular complexity index is 544. The van der Waals surface area contributed by atoms with E-state index in [1.807, 2.05) is 31.5 Å².